The maximum absolute atomic E-state index is 11.8. The van der Waals surface area contributed by atoms with Crippen LogP contribution in [0.5, 0.6) is 0 Å². The van der Waals surface area contributed by atoms with Crippen LogP contribution >= 0.6 is 11.3 Å². The van der Waals surface area contributed by atoms with Gasteiger partial charge in [0.15, 0.2) is 0 Å². The van der Waals surface area contributed by atoms with Crippen molar-refractivity contribution in [3.05, 3.63) is 45.6 Å². The molecule has 0 aliphatic rings. The fourth-order valence-electron chi connectivity index (χ4n) is 1.84. The maximum atomic E-state index is 11.8. The van der Waals surface area contributed by atoms with Gasteiger partial charge in [-0.15, -0.1) is 11.3 Å². The topological polar surface area (TPSA) is 70.2 Å². The van der Waals surface area contributed by atoms with Gasteiger partial charge in [-0.05, 0) is 12.1 Å². The third-order valence-corrected chi connectivity index (χ3v) is 3.76. The van der Waals surface area contributed by atoms with Crippen LogP contribution in [0.3, 0.4) is 0 Å². The van der Waals surface area contributed by atoms with Crippen LogP contribution in [0.1, 0.15) is 9.67 Å². The highest BCUT2D eigenvalue weighted by Gasteiger charge is 2.13. The number of pyridine rings is 1. The van der Waals surface area contributed by atoms with E-state index in [0.717, 1.165) is 26.9 Å². The molecule has 4 nitrogen and oxygen atoms in total. The molecule has 0 aliphatic heterocycles. The fraction of sp³-hybridized carbons (Fsp3) is 0. The lowest BCUT2D eigenvalue weighted by atomic mass is 10.2. The summed E-state index contributed by atoms with van der Waals surface area (Å²) >= 11 is 1.13. The molecule has 0 unspecified atom stereocenters. The molecular formula is C12H7NO3S. The number of thiophene rings is 1. The Morgan fingerprint density at radius 3 is 2.76 bits per heavy atom. The summed E-state index contributed by atoms with van der Waals surface area (Å²) in [6, 6.07) is 8.79. The summed E-state index contributed by atoms with van der Waals surface area (Å²) < 4.78 is 0.724. The van der Waals surface area contributed by atoms with Crippen molar-refractivity contribution >= 4 is 38.3 Å². The Labute approximate surface area is 99.1 Å². The van der Waals surface area contributed by atoms with Gasteiger partial charge in [-0.25, -0.2) is 4.79 Å². The number of hydrogen-bond donors (Lipinski definition) is 2. The van der Waals surface area contributed by atoms with E-state index in [2.05, 4.69) is 4.98 Å². The number of benzene rings is 1. The molecule has 2 heterocycles. The molecule has 1 aromatic carbocycles. The van der Waals surface area contributed by atoms with Crippen molar-refractivity contribution in [1.82, 2.24) is 4.98 Å². The number of rotatable bonds is 1. The lowest BCUT2D eigenvalue weighted by molar-refractivity contribution is 0.0702. The van der Waals surface area contributed by atoms with Crippen LogP contribution in [0, 0.1) is 0 Å². The van der Waals surface area contributed by atoms with Crippen molar-refractivity contribution in [2.45, 2.75) is 0 Å². The van der Waals surface area contributed by atoms with E-state index < -0.39 is 5.97 Å². The third kappa shape index (κ3) is 1.43. The van der Waals surface area contributed by atoms with Crippen molar-refractivity contribution in [3.63, 3.8) is 0 Å². The molecule has 17 heavy (non-hydrogen) atoms. The molecule has 5 heteroatoms. The standard InChI is InChI=1S/C12H7NO3S/c14-11-7-5-9(12(15)16)17-10(7)6-3-1-2-4-8(6)13-11/h1-5H,(H,13,14)(H,15,16). The molecule has 0 radical (unpaired) electrons. The van der Waals surface area contributed by atoms with E-state index in [1.54, 1.807) is 6.07 Å². The van der Waals surface area contributed by atoms with Gasteiger partial charge in [0.1, 0.15) is 4.88 Å². The molecule has 2 aromatic heterocycles. The molecule has 0 spiro atoms. The second kappa shape index (κ2) is 3.43. The summed E-state index contributed by atoms with van der Waals surface area (Å²) in [6.45, 7) is 0. The first kappa shape index (κ1) is 10.0. The number of fused-ring (bicyclic) bond motifs is 3. The van der Waals surface area contributed by atoms with Crippen molar-refractivity contribution in [2.75, 3.05) is 0 Å². The van der Waals surface area contributed by atoms with Gasteiger partial charge in [0.05, 0.1) is 10.1 Å². The van der Waals surface area contributed by atoms with E-state index in [0.29, 0.717) is 5.39 Å². The fourth-order valence-corrected chi connectivity index (χ4v) is 2.88. The molecule has 0 saturated carbocycles. The average Bonchev–Trinajstić information content (AvgIpc) is 2.75. The van der Waals surface area contributed by atoms with Crippen LogP contribution in [-0.2, 0) is 0 Å². The second-order valence-corrected chi connectivity index (χ2v) is 4.71. The van der Waals surface area contributed by atoms with E-state index in [9.17, 15) is 9.59 Å². The second-order valence-electron chi connectivity index (χ2n) is 3.66. The highest BCUT2D eigenvalue weighted by molar-refractivity contribution is 7.21. The van der Waals surface area contributed by atoms with Gasteiger partial charge in [0.2, 0.25) is 0 Å². The predicted octanol–water partition coefficient (Wildman–Crippen LogP) is 2.44. The molecule has 0 amide bonds. The summed E-state index contributed by atoms with van der Waals surface area (Å²) in [4.78, 5) is 25.6. The van der Waals surface area contributed by atoms with Crippen LogP contribution in [0.25, 0.3) is 21.0 Å². The Morgan fingerprint density at radius 1 is 1.24 bits per heavy atom. The Balaban J connectivity index is 2.56. The van der Waals surface area contributed by atoms with Crippen molar-refractivity contribution in [2.24, 2.45) is 0 Å². The van der Waals surface area contributed by atoms with Gasteiger partial charge in [0.25, 0.3) is 5.56 Å². The van der Waals surface area contributed by atoms with Gasteiger partial charge < -0.3 is 10.1 Å². The first-order valence-corrected chi connectivity index (χ1v) is 5.76. The normalized spacial score (nSPS) is 11.1. The van der Waals surface area contributed by atoms with E-state index >= 15 is 0 Å². The number of hydrogen-bond acceptors (Lipinski definition) is 3. The molecule has 0 saturated heterocycles. The number of aromatic amines is 1. The molecule has 3 rings (SSSR count). The zero-order valence-corrected chi connectivity index (χ0v) is 9.38. The van der Waals surface area contributed by atoms with E-state index in [4.69, 9.17) is 5.11 Å². The van der Waals surface area contributed by atoms with Crippen LogP contribution in [0.15, 0.2) is 35.1 Å². The largest absolute Gasteiger partial charge is 0.477 e. The van der Waals surface area contributed by atoms with Gasteiger partial charge in [-0.2, -0.15) is 0 Å². The number of aromatic nitrogens is 1. The molecule has 3 aromatic rings. The summed E-state index contributed by atoms with van der Waals surface area (Å²) in [5.74, 6) is -1.00. The quantitative estimate of drug-likeness (QED) is 0.691. The zero-order chi connectivity index (χ0) is 12.0. The average molecular weight is 245 g/mol. The number of carbonyl (C=O) groups is 1. The van der Waals surface area contributed by atoms with Crippen molar-refractivity contribution in [3.8, 4) is 0 Å². The Morgan fingerprint density at radius 2 is 2.00 bits per heavy atom. The molecule has 0 fully saturated rings. The third-order valence-electron chi connectivity index (χ3n) is 2.61. The summed E-state index contributed by atoms with van der Waals surface area (Å²) in [6.07, 6.45) is 0. The lowest BCUT2D eigenvalue weighted by Crippen LogP contribution is -2.04. The molecule has 0 aliphatic carbocycles. The molecule has 0 atom stereocenters. The minimum atomic E-state index is -1.00. The van der Waals surface area contributed by atoms with Gasteiger partial charge in [0, 0.05) is 10.9 Å². The highest BCUT2D eigenvalue weighted by atomic mass is 32.1. The van der Waals surface area contributed by atoms with Crippen molar-refractivity contribution in [1.29, 1.82) is 0 Å². The number of para-hydroxylation sites is 1. The predicted molar refractivity (Wildman–Crippen MR) is 66.9 cm³/mol. The van der Waals surface area contributed by atoms with Crippen LogP contribution < -0.4 is 5.56 Å². The summed E-state index contributed by atoms with van der Waals surface area (Å²) in [7, 11) is 0. The van der Waals surface area contributed by atoms with E-state index in [1.165, 1.54) is 6.07 Å². The van der Waals surface area contributed by atoms with Crippen LogP contribution in [0.4, 0.5) is 0 Å². The number of aromatic carboxylic acids is 1. The first-order valence-electron chi connectivity index (χ1n) is 4.94. The Hall–Kier alpha value is -2.14. The Kier molecular flexibility index (Phi) is 2.02. The number of carboxylic acids is 1. The summed E-state index contributed by atoms with van der Waals surface area (Å²) in [5.41, 5.74) is 0.478. The maximum Gasteiger partial charge on any atom is 0.345 e. The van der Waals surface area contributed by atoms with E-state index in [1.807, 2.05) is 18.2 Å². The van der Waals surface area contributed by atoms with Gasteiger partial charge in [-0.1, -0.05) is 18.2 Å². The van der Waals surface area contributed by atoms with E-state index in [-0.39, 0.29) is 10.4 Å². The van der Waals surface area contributed by atoms with Crippen molar-refractivity contribution < 1.29 is 9.90 Å². The van der Waals surface area contributed by atoms with Crippen LogP contribution in [0.2, 0.25) is 0 Å². The lowest BCUT2D eigenvalue weighted by Gasteiger charge is -1.97. The monoisotopic (exact) mass is 245 g/mol. The van der Waals surface area contributed by atoms with Gasteiger partial charge in [-0.3, -0.25) is 4.79 Å². The van der Waals surface area contributed by atoms with Gasteiger partial charge >= 0.3 is 5.97 Å². The minimum absolute atomic E-state index is 0.182. The number of H-pyrrole nitrogens is 1. The number of nitrogens with one attached hydrogen (secondary N) is 1. The summed E-state index contributed by atoms with van der Waals surface area (Å²) in [5, 5.41) is 10.3. The van der Waals surface area contributed by atoms with Crippen LogP contribution in [-0.4, -0.2) is 16.1 Å². The highest BCUT2D eigenvalue weighted by Crippen LogP contribution is 2.29. The molecule has 84 valence electrons. The first-order chi connectivity index (χ1) is 8.16. The SMILES string of the molecule is O=C(O)c1cc2c(=O)[nH]c3ccccc3c2s1. The number of carboxylic acid groups (broad SMARTS) is 1. The Bertz CT molecular complexity index is 800. The molecular weight excluding hydrogens is 238 g/mol. The smallest absolute Gasteiger partial charge is 0.345 e. The minimum Gasteiger partial charge on any atom is -0.477 e. The molecule has 2 N–H and O–H groups in total. The zero-order valence-electron chi connectivity index (χ0n) is 8.56. The molecule has 0 bridgehead atoms.